The molecule has 2 aliphatic carbocycles. The molecule has 1 aromatic rings. The molecule has 0 aromatic carbocycles. The first-order valence-corrected chi connectivity index (χ1v) is 10.8. The Labute approximate surface area is 173 Å². The fourth-order valence-electron chi connectivity index (χ4n) is 5.72. The average Bonchev–Trinajstić information content (AvgIpc) is 3.20. The van der Waals surface area contributed by atoms with E-state index in [1.54, 1.807) is 6.26 Å². The molecule has 3 rings (SSSR count). The summed E-state index contributed by atoms with van der Waals surface area (Å²) in [6, 6.07) is 2.04. The Kier molecular flexibility index (Phi) is 6.55. The van der Waals surface area contributed by atoms with Crippen molar-refractivity contribution in [2.45, 2.75) is 66.2 Å². The second-order valence-electron chi connectivity index (χ2n) is 9.15. The van der Waals surface area contributed by atoms with E-state index in [4.69, 9.17) is 13.9 Å². The molecular weight excluding hydrogens is 368 g/mol. The molecule has 1 fully saturated rings. The Bertz CT molecular complexity index is 749. The number of rotatable bonds is 7. The molecule has 0 radical (unpaired) electrons. The van der Waals surface area contributed by atoms with Crippen molar-refractivity contribution in [3.8, 4) is 0 Å². The van der Waals surface area contributed by atoms with Gasteiger partial charge in [0.05, 0.1) is 12.5 Å². The summed E-state index contributed by atoms with van der Waals surface area (Å²) in [4.78, 5) is 23.2. The lowest BCUT2D eigenvalue weighted by Gasteiger charge is -2.59. The van der Waals surface area contributed by atoms with Crippen LogP contribution in [0.5, 0.6) is 0 Å². The molecule has 29 heavy (non-hydrogen) atoms. The number of fused-ring (bicyclic) bond motifs is 1. The Balaban J connectivity index is 1.92. The highest BCUT2D eigenvalue weighted by Crippen LogP contribution is 2.62. The number of carbonyl (C=O) groups excluding carboxylic acids is 2. The molecule has 160 valence electrons. The molecule has 4 atom stereocenters. The summed E-state index contributed by atoms with van der Waals surface area (Å²) >= 11 is 0. The van der Waals surface area contributed by atoms with Gasteiger partial charge >= 0.3 is 11.9 Å². The van der Waals surface area contributed by atoms with E-state index in [2.05, 4.69) is 19.9 Å². The lowest BCUT2D eigenvalue weighted by molar-refractivity contribution is -0.153. The predicted octanol–water partition coefficient (Wildman–Crippen LogP) is 5.10. The van der Waals surface area contributed by atoms with Crippen LogP contribution >= 0.6 is 0 Å². The Morgan fingerprint density at radius 2 is 1.97 bits per heavy atom. The highest BCUT2D eigenvalue weighted by atomic mass is 16.5. The van der Waals surface area contributed by atoms with E-state index in [-0.39, 0.29) is 22.8 Å². The molecule has 5 heteroatoms. The van der Waals surface area contributed by atoms with E-state index in [0.29, 0.717) is 25.0 Å². The number of carbonyl (C=O) groups is 2. The van der Waals surface area contributed by atoms with Crippen molar-refractivity contribution < 1.29 is 23.5 Å². The van der Waals surface area contributed by atoms with Gasteiger partial charge in [0.1, 0.15) is 13.2 Å². The van der Waals surface area contributed by atoms with Crippen LogP contribution in [0.4, 0.5) is 0 Å². The van der Waals surface area contributed by atoms with E-state index < -0.39 is 0 Å². The molecule has 2 aliphatic rings. The topological polar surface area (TPSA) is 65.7 Å². The maximum atomic E-state index is 11.7. The maximum absolute atomic E-state index is 11.7. The summed E-state index contributed by atoms with van der Waals surface area (Å²) in [7, 11) is 0. The Hall–Kier alpha value is -2.04. The van der Waals surface area contributed by atoms with Crippen molar-refractivity contribution in [2.24, 2.45) is 22.7 Å². The second-order valence-corrected chi connectivity index (χ2v) is 9.15. The molecule has 1 saturated carbocycles. The van der Waals surface area contributed by atoms with Gasteiger partial charge in [-0.15, -0.1) is 0 Å². The third-order valence-corrected chi connectivity index (χ3v) is 7.59. The van der Waals surface area contributed by atoms with Crippen LogP contribution in [0.3, 0.4) is 0 Å². The zero-order valence-electron chi connectivity index (χ0n) is 18.2. The van der Waals surface area contributed by atoms with Crippen molar-refractivity contribution in [3.05, 3.63) is 35.8 Å². The van der Waals surface area contributed by atoms with Crippen molar-refractivity contribution in [1.82, 2.24) is 0 Å². The van der Waals surface area contributed by atoms with E-state index in [9.17, 15) is 9.59 Å². The van der Waals surface area contributed by atoms with Crippen molar-refractivity contribution >= 4 is 11.9 Å². The average molecular weight is 403 g/mol. The van der Waals surface area contributed by atoms with Gasteiger partial charge in [0.25, 0.3) is 0 Å². The highest BCUT2D eigenvalue weighted by molar-refractivity contribution is 5.66. The molecule has 0 N–H and O–H groups in total. The minimum absolute atomic E-state index is 0.103. The van der Waals surface area contributed by atoms with E-state index in [1.165, 1.54) is 19.4 Å². The molecule has 0 amide bonds. The fourth-order valence-corrected chi connectivity index (χ4v) is 5.72. The molecular formula is C24H34O5. The normalized spacial score (nSPS) is 31.5. The predicted molar refractivity (Wildman–Crippen MR) is 110 cm³/mol. The molecule has 0 bridgehead atoms. The number of hydrogen-bond donors (Lipinski definition) is 0. The van der Waals surface area contributed by atoms with Gasteiger partial charge in [-0.1, -0.05) is 19.9 Å². The van der Waals surface area contributed by atoms with Gasteiger partial charge in [0, 0.05) is 19.3 Å². The van der Waals surface area contributed by atoms with Gasteiger partial charge < -0.3 is 13.9 Å². The monoisotopic (exact) mass is 402 g/mol. The summed E-state index contributed by atoms with van der Waals surface area (Å²) < 4.78 is 16.3. The minimum atomic E-state index is -0.275. The number of ether oxygens (including phenoxy) is 2. The van der Waals surface area contributed by atoms with Gasteiger partial charge in [0.15, 0.2) is 0 Å². The quantitative estimate of drug-likeness (QED) is 0.469. The van der Waals surface area contributed by atoms with Crippen LogP contribution in [0.15, 0.2) is 34.7 Å². The van der Waals surface area contributed by atoms with Gasteiger partial charge in [-0.05, 0) is 73.0 Å². The highest BCUT2D eigenvalue weighted by Gasteiger charge is 2.56. The molecule has 0 unspecified atom stereocenters. The summed E-state index contributed by atoms with van der Waals surface area (Å²) in [5, 5.41) is 0. The first-order chi connectivity index (χ1) is 13.8. The Morgan fingerprint density at radius 3 is 2.62 bits per heavy atom. The van der Waals surface area contributed by atoms with Gasteiger partial charge in [-0.2, -0.15) is 0 Å². The second kappa shape index (κ2) is 8.76. The third kappa shape index (κ3) is 4.44. The van der Waals surface area contributed by atoms with Crippen LogP contribution in [0.1, 0.15) is 65.4 Å². The molecule has 1 aromatic heterocycles. The van der Waals surface area contributed by atoms with Gasteiger partial charge in [-0.3, -0.25) is 9.59 Å². The lowest BCUT2D eigenvalue weighted by Crippen LogP contribution is -2.54. The fraction of sp³-hybridized carbons (Fsp3) is 0.667. The van der Waals surface area contributed by atoms with Crippen LogP contribution in [0.25, 0.3) is 0 Å². The largest absolute Gasteiger partial charge is 0.472 e. The summed E-state index contributed by atoms with van der Waals surface area (Å²) in [5.74, 6) is 0.412. The van der Waals surface area contributed by atoms with Gasteiger partial charge in [0.2, 0.25) is 0 Å². The first kappa shape index (κ1) is 21.7. The van der Waals surface area contributed by atoms with E-state index in [1.807, 2.05) is 12.3 Å². The third-order valence-electron chi connectivity index (χ3n) is 7.59. The summed E-state index contributed by atoms with van der Waals surface area (Å²) in [6.45, 7) is 8.33. The summed E-state index contributed by atoms with van der Waals surface area (Å²) in [6.07, 6.45) is 11.9. The van der Waals surface area contributed by atoms with E-state index >= 15 is 0 Å². The Morgan fingerprint density at radius 1 is 1.21 bits per heavy atom. The number of aryl methyl sites for hydroxylation is 1. The lowest BCUT2D eigenvalue weighted by atomic mass is 9.46. The van der Waals surface area contributed by atoms with Crippen LogP contribution in [-0.4, -0.2) is 25.2 Å². The smallest absolute Gasteiger partial charge is 0.302 e. The van der Waals surface area contributed by atoms with Crippen molar-refractivity contribution in [3.63, 3.8) is 0 Å². The molecule has 0 saturated heterocycles. The number of esters is 2. The zero-order valence-corrected chi connectivity index (χ0v) is 18.2. The molecule has 0 aliphatic heterocycles. The number of allylic oxidation sites excluding steroid dienone is 1. The molecule has 0 spiro atoms. The maximum Gasteiger partial charge on any atom is 0.302 e. The summed E-state index contributed by atoms with van der Waals surface area (Å²) in [5.41, 5.74) is 2.20. The van der Waals surface area contributed by atoms with Crippen LogP contribution in [0, 0.1) is 22.7 Å². The first-order valence-electron chi connectivity index (χ1n) is 10.8. The molecule has 1 heterocycles. The van der Waals surface area contributed by atoms with Crippen molar-refractivity contribution in [2.75, 3.05) is 13.2 Å². The SMILES string of the molecule is CC(=O)OCC1=CCC[C@H]2[C@@]1(COC(C)=O)CC[C@@H](C)[C@]2(C)CCc1ccoc1. The van der Waals surface area contributed by atoms with Crippen LogP contribution in [0.2, 0.25) is 0 Å². The minimum Gasteiger partial charge on any atom is -0.472 e. The van der Waals surface area contributed by atoms with Crippen LogP contribution in [-0.2, 0) is 25.5 Å². The van der Waals surface area contributed by atoms with E-state index in [0.717, 1.165) is 44.1 Å². The van der Waals surface area contributed by atoms with Crippen molar-refractivity contribution in [1.29, 1.82) is 0 Å². The van der Waals surface area contributed by atoms with Crippen LogP contribution < -0.4 is 0 Å². The molecule has 5 nitrogen and oxygen atoms in total. The zero-order chi connectivity index (χ0) is 21.1. The standard InChI is InChI=1S/C24H34O5/c1-17-8-12-24(16-29-19(3)26)21(15-28-18(2)25)6-5-7-22(24)23(17,4)11-9-20-10-13-27-14-20/h6,10,13-14,17,22H,5,7-9,11-12,15-16H2,1-4H3/t17-,22-,23+,24-/m1/s1. The van der Waals surface area contributed by atoms with Gasteiger partial charge in [-0.25, -0.2) is 0 Å². The number of hydrogen-bond acceptors (Lipinski definition) is 5. The number of furan rings is 1.